The molecule has 6 heteroatoms. The average molecular weight is 391 g/mol. The van der Waals surface area contributed by atoms with E-state index in [2.05, 4.69) is 22.0 Å². The van der Waals surface area contributed by atoms with E-state index in [0.717, 1.165) is 44.0 Å². The summed E-state index contributed by atoms with van der Waals surface area (Å²) < 4.78 is 7.61. The lowest BCUT2D eigenvalue weighted by atomic mass is 10.0. The minimum atomic E-state index is -0.315. The minimum Gasteiger partial charge on any atom is -0.457 e. The summed E-state index contributed by atoms with van der Waals surface area (Å²) in [7, 11) is 0. The van der Waals surface area contributed by atoms with Gasteiger partial charge in [0.2, 0.25) is 0 Å². The maximum Gasteiger partial charge on any atom is 0.328 e. The van der Waals surface area contributed by atoms with Crippen LogP contribution in [0.4, 0.5) is 0 Å². The van der Waals surface area contributed by atoms with E-state index in [1.807, 2.05) is 42.5 Å². The fraction of sp³-hybridized carbons (Fsp3) is 0.304. The van der Waals surface area contributed by atoms with Gasteiger partial charge >= 0.3 is 5.69 Å². The first-order chi connectivity index (χ1) is 14.1. The van der Waals surface area contributed by atoms with Crippen molar-refractivity contribution in [2.45, 2.75) is 32.4 Å². The Kier molecular flexibility index (Phi) is 5.62. The first-order valence-electron chi connectivity index (χ1n) is 9.95. The Bertz CT molecular complexity index is 1080. The molecule has 0 atom stereocenters. The number of nitrogens with one attached hydrogen (secondary N) is 1. The monoisotopic (exact) mass is 391 g/mol. The summed E-state index contributed by atoms with van der Waals surface area (Å²) in [4.78, 5) is 28.5. The Morgan fingerprint density at radius 3 is 2.48 bits per heavy atom. The quantitative estimate of drug-likeness (QED) is 0.723. The zero-order valence-electron chi connectivity index (χ0n) is 16.5. The number of H-pyrrole nitrogens is 1. The molecular formula is C23H25N3O3. The van der Waals surface area contributed by atoms with Crippen molar-refractivity contribution in [3.8, 4) is 11.5 Å². The van der Waals surface area contributed by atoms with Crippen molar-refractivity contribution in [2.75, 3.05) is 13.1 Å². The third-order valence-corrected chi connectivity index (χ3v) is 5.38. The van der Waals surface area contributed by atoms with Crippen molar-refractivity contribution in [3.05, 3.63) is 92.8 Å². The van der Waals surface area contributed by atoms with E-state index in [1.165, 1.54) is 5.56 Å². The molecule has 1 aliphatic heterocycles. The highest BCUT2D eigenvalue weighted by Gasteiger charge is 2.22. The molecule has 0 saturated carbocycles. The topological polar surface area (TPSA) is 67.3 Å². The Hall–Kier alpha value is -3.12. The number of ether oxygens (including phenoxy) is 1. The molecule has 29 heavy (non-hydrogen) atoms. The smallest absolute Gasteiger partial charge is 0.328 e. The van der Waals surface area contributed by atoms with Gasteiger partial charge in [-0.2, -0.15) is 0 Å². The van der Waals surface area contributed by atoms with E-state index in [1.54, 1.807) is 17.7 Å². The molecule has 0 radical (unpaired) electrons. The number of aromatic nitrogens is 2. The number of para-hydroxylation sites is 1. The van der Waals surface area contributed by atoms with E-state index < -0.39 is 0 Å². The van der Waals surface area contributed by atoms with Crippen LogP contribution in [0.2, 0.25) is 0 Å². The van der Waals surface area contributed by atoms with Crippen LogP contribution >= 0.6 is 0 Å². The number of nitrogens with zero attached hydrogens (tertiary/aromatic N) is 2. The van der Waals surface area contributed by atoms with Gasteiger partial charge in [-0.1, -0.05) is 30.3 Å². The zero-order chi connectivity index (χ0) is 20.2. The molecule has 1 fully saturated rings. The second-order valence-electron chi connectivity index (χ2n) is 7.55. The highest BCUT2D eigenvalue weighted by atomic mass is 16.5. The molecular weight excluding hydrogens is 366 g/mol. The van der Waals surface area contributed by atoms with Crippen molar-refractivity contribution >= 4 is 0 Å². The third-order valence-electron chi connectivity index (χ3n) is 5.38. The van der Waals surface area contributed by atoms with Crippen LogP contribution in [0.5, 0.6) is 11.5 Å². The first-order valence-corrected chi connectivity index (χ1v) is 9.95. The Labute approximate surface area is 169 Å². The van der Waals surface area contributed by atoms with Gasteiger partial charge in [0.15, 0.2) is 0 Å². The number of piperidine rings is 1. The summed E-state index contributed by atoms with van der Waals surface area (Å²) in [6.45, 7) is 4.38. The van der Waals surface area contributed by atoms with Crippen molar-refractivity contribution in [1.29, 1.82) is 0 Å². The highest BCUT2D eigenvalue weighted by Crippen LogP contribution is 2.25. The summed E-state index contributed by atoms with van der Waals surface area (Å²) in [5, 5.41) is 0. The molecule has 2 aromatic carbocycles. The van der Waals surface area contributed by atoms with Crippen molar-refractivity contribution in [2.24, 2.45) is 0 Å². The second-order valence-corrected chi connectivity index (χ2v) is 7.55. The maximum absolute atomic E-state index is 12.1. The van der Waals surface area contributed by atoms with Gasteiger partial charge in [0, 0.05) is 37.4 Å². The van der Waals surface area contributed by atoms with Crippen molar-refractivity contribution < 1.29 is 4.74 Å². The van der Waals surface area contributed by atoms with Crippen LogP contribution in [-0.4, -0.2) is 27.5 Å². The fourth-order valence-corrected chi connectivity index (χ4v) is 3.80. The van der Waals surface area contributed by atoms with Crippen molar-refractivity contribution in [3.63, 3.8) is 0 Å². The predicted octanol–water partition coefficient (Wildman–Crippen LogP) is 3.47. The summed E-state index contributed by atoms with van der Waals surface area (Å²) in [6.07, 6.45) is 3.45. The molecule has 1 aromatic heterocycles. The largest absolute Gasteiger partial charge is 0.457 e. The highest BCUT2D eigenvalue weighted by molar-refractivity contribution is 5.33. The Morgan fingerprint density at radius 1 is 1.00 bits per heavy atom. The molecule has 0 unspecified atom stereocenters. The van der Waals surface area contributed by atoms with Gasteiger partial charge in [-0.25, -0.2) is 4.79 Å². The van der Waals surface area contributed by atoms with Crippen LogP contribution < -0.4 is 16.0 Å². The zero-order valence-corrected chi connectivity index (χ0v) is 16.5. The van der Waals surface area contributed by atoms with Crippen LogP contribution in [0, 0.1) is 6.92 Å². The molecule has 6 nitrogen and oxygen atoms in total. The number of aryl methyl sites for hydroxylation is 1. The molecule has 1 saturated heterocycles. The predicted molar refractivity (Wildman–Crippen MR) is 113 cm³/mol. The molecule has 0 spiro atoms. The number of rotatable bonds is 5. The van der Waals surface area contributed by atoms with Gasteiger partial charge in [0.25, 0.3) is 5.56 Å². The molecule has 150 valence electrons. The minimum absolute atomic E-state index is 0.127. The number of hydrogen-bond acceptors (Lipinski definition) is 4. The van der Waals surface area contributed by atoms with Crippen LogP contribution in [0.15, 0.2) is 70.4 Å². The number of likely N-dealkylation sites (tertiary alicyclic amines) is 1. The summed E-state index contributed by atoms with van der Waals surface area (Å²) >= 11 is 0. The number of aromatic amines is 1. The number of hydrogen-bond donors (Lipinski definition) is 1. The van der Waals surface area contributed by atoms with Gasteiger partial charge in [0.1, 0.15) is 11.5 Å². The van der Waals surface area contributed by atoms with Crippen LogP contribution in [0.3, 0.4) is 0 Å². The van der Waals surface area contributed by atoms with E-state index in [9.17, 15) is 9.59 Å². The van der Waals surface area contributed by atoms with Crippen LogP contribution in [0.1, 0.15) is 30.0 Å². The SMILES string of the molecule is Cc1cn(C2CCN(Cc3cccc(Oc4ccccc4)c3)CC2)c(=O)[nH]c1=O. The van der Waals surface area contributed by atoms with Gasteiger partial charge in [-0.15, -0.1) is 0 Å². The van der Waals surface area contributed by atoms with Gasteiger partial charge in [-0.3, -0.25) is 19.2 Å². The molecule has 1 N–H and O–H groups in total. The Balaban J connectivity index is 1.38. The van der Waals surface area contributed by atoms with Gasteiger partial charge in [0.05, 0.1) is 0 Å². The lowest BCUT2D eigenvalue weighted by Gasteiger charge is -2.32. The number of benzene rings is 2. The van der Waals surface area contributed by atoms with Crippen molar-refractivity contribution in [1.82, 2.24) is 14.5 Å². The lowest BCUT2D eigenvalue weighted by molar-refractivity contribution is 0.177. The van der Waals surface area contributed by atoms with E-state index in [4.69, 9.17) is 4.74 Å². The molecule has 3 aromatic rings. The van der Waals surface area contributed by atoms with Crippen LogP contribution in [0.25, 0.3) is 0 Å². The van der Waals surface area contributed by atoms with E-state index >= 15 is 0 Å². The second kappa shape index (κ2) is 8.49. The third kappa shape index (κ3) is 4.66. The average Bonchev–Trinajstić information content (AvgIpc) is 2.72. The lowest BCUT2D eigenvalue weighted by Crippen LogP contribution is -2.39. The van der Waals surface area contributed by atoms with Crippen LogP contribution in [-0.2, 0) is 6.54 Å². The van der Waals surface area contributed by atoms with Gasteiger partial charge in [-0.05, 0) is 49.6 Å². The summed E-state index contributed by atoms with van der Waals surface area (Å²) in [5.41, 5.74) is 1.15. The van der Waals surface area contributed by atoms with E-state index in [-0.39, 0.29) is 17.3 Å². The van der Waals surface area contributed by atoms with Gasteiger partial charge < -0.3 is 4.74 Å². The molecule has 4 rings (SSSR count). The molecule has 0 bridgehead atoms. The summed E-state index contributed by atoms with van der Waals surface area (Å²) in [6, 6.07) is 18.1. The molecule has 0 amide bonds. The standard InChI is InChI=1S/C23H25N3O3/c1-17-15-26(23(28)24-22(17)27)19-10-12-25(13-11-19)16-18-6-5-9-21(14-18)29-20-7-3-2-4-8-20/h2-9,14-15,19H,10-13,16H2,1H3,(H,24,27,28). The Morgan fingerprint density at radius 2 is 1.72 bits per heavy atom. The molecule has 2 heterocycles. The molecule has 1 aliphatic rings. The fourth-order valence-electron chi connectivity index (χ4n) is 3.80. The normalized spacial score (nSPS) is 15.3. The maximum atomic E-state index is 12.1. The molecule has 0 aliphatic carbocycles. The summed E-state index contributed by atoms with van der Waals surface area (Å²) in [5.74, 6) is 1.66. The first kappa shape index (κ1) is 19.2. The van der Waals surface area contributed by atoms with E-state index in [0.29, 0.717) is 5.56 Å².